The Bertz CT molecular complexity index is 373. The molecule has 0 bridgehead atoms. The van der Waals surface area contributed by atoms with Crippen LogP contribution in [-0.2, 0) is 5.88 Å². The number of hydrogen-bond acceptors (Lipinski definition) is 2. The van der Waals surface area contributed by atoms with Gasteiger partial charge in [-0.05, 0) is 36.5 Å². The van der Waals surface area contributed by atoms with Crippen molar-refractivity contribution >= 4 is 17.4 Å². The summed E-state index contributed by atoms with van der Waals surface area (Å²) in [7, 11) is 2.13. The van der Waals surface area contributed by atoms with E-state index in [1.807, 2.05) is 0 Å². The number of halogens is 1. The van der Waals surface area contributed by atoms with Gasteiger partial charge in [0.1, 0.15) is 5.82 Å². The summed E-state index contributed by atoms with van der Waals surface area (Å²) >= 11 is 5.98. The molecule has 3 heteroatoms. The molecular formula is C15H25ClN2. The number of aromatic nitrogens is 1. The van der Waals surface area contributed by atoms with Gasteiger partial charge in [0, 0.05) is 24.7 Å². The first-order chi connectivity index (χ1) is 8.53. The highest BCUT2D eigenvalue weighted by molar-refractivity contribution is 6.17. The van der Waals surface area contributed by atoms with E-state index < -0.39 is 0 Å². The van der Waals surface area contributed by atoms with Crippen molar-refractivity contribution < 1.29 is 0 Å². The third-order valence-electron chi connectivity index (χ3n) is 3.49. The fourth-order valence-electron chi connectivity index (χ4n) is 2.17. The van der Waals surface area contributed by atoms with Gasteiger partial charge in [-0.3, -0.25) is 0 Å². The first kappa shape index (κ1) is 15.3. The summed E-state index contributed by atoms with van der Waals surface area (Å²) in [4.78, 5) is 7.04. The molecule has 0 saturated heterocycles. The highest BCUT2D eigenvalue weighted by atomic mass is 35.5. The lowest BCUT2D eigenvalue weighted by molar-refractivity contribution is 0.585. The quantitative estimate of drug-likeness (QED) is 0.703. The van der Waals surface area contributed by atoms with Gasteiger partial charge < -0.3 is 4.90 Å². The molecule has 0 N–H and O–H groups in total. The molecule has 1 heterocycles. The summed E-state index contributed by atoms with van der Waals surface area (Å²) < 4.78 is 0. The van der Waals surface area contributed by atoms with Crippen molar-refractivity contribution in [1.82, 2.24) is 4.98 Å². The standard InChI is InChI=1S/C15H25ClN2/c1-6-13(7-2)18(5)15-9-12(10-16)8-14(17-15)11(3)4/h8-9,11,13H,6-7,10H2,1-5H3. The molecule has 1 rings (SSSR count). The van der Waals surface area contributed by atoms with E-state index in [2.05, 4.69) is 51.8 Å². The Kier molecular flexibility index (Phi) is 5.94. The minimum Gasteiger partial charge on any atom is -0.357 e. The third kappa shape index (κ3) is 3.61. The predicted octanol–water partition coefficient (Wildman–Crippen LogP) is 4.57. The van der Waals surface area contributed by atoms with Crippen molar-refractivity contribution in [1.29, 1.82) is 0 Å². The molecule has 1 aromatic heterocycles. The van der Waals surface area contributed by atoms with Crippen LogP contribution >= 0.6 is 11.6 Å². The van der Waals surface area contributed by atoms with Crippen LogP contribution in [-0.4, -0.2) is 18.1 Å². The van der Waals surface area contributed by atoms with Crippen LogP contribution < -0.4 is 4.90 Å². The van der Waals surface area contributed by atoms with Crippen molar-refractivity contribution in [3.05, 3.63) is 23.4 Å². The number of nitrogens with zero attached hydrogens (tertiary/aromatic N) is 2. The van der Waals surface area contributed by atoms with Gasteiger partial charge in [-0.1, -0.05) is 27.7 Å². The van der Waals surface area contributed by atoms with Crippen molar-refractivity contribution in [2.24, 2.45) is 0 Å². The smallest absolute Gasteiger partial charge is 0.129 e. The fourth-order valence-corrected chi connectivity index (χ4v) is 2.33. The molecule has 0 spiro atoms. The minimum absolute atomic E-state index is 0.432. The van der Waals surface area contributed by atoms with Crippen molar-refractivity contribution in [3.63, 3.8) is 0 Å². The SMILES string of the molecule is CCC(CC)N(C)c1cc(CCl)cc(C(C)C)n1. The maximum absolute atomic E-state index is 5.98. The zero-order valence-electron chi connectivity index (χ0n) is 12.2. The first-order valence-electron chi connectivity index (χ1n) is 6.83. The van der Waals surface area contributed by atoms with Gasteiger partial charge >= 0.3 is 0 Å². The fraction of sp³-hybridized carbons (Fsp3) is 0.667. The molecule has 0 aliphatic rings. The van der Waals surface area contributed by atoms with Crippen LogP contribution in [0, 0.1) is 0 Å². The summed E-state index contributed by atoms with van der Waals surface area (Å²) in [5.74, 6) is 2.03. The Morgan fingerprint density at radius 2 is 1.83 bits per heavy atom. The van der Waals surface area contributed by atoms with Gasteiger partial charge in [0.05, 0.1) is 0 Å². The average molecular weight is 269 g/mol. The zero-order valence-corrected chi connectivity index (χ0v) is 13.0. The van der Waals surface area contributed by atoms with E-state index in [-0.39, 0.29) is 0 Å². The van der Waals surface area contributed by atoms with E-state index in [1.54, 1.807) is 0 Å². The molecular weight excluding hydrogens is 244 g/mol. The van der Waals surface area contributed by atoms with Crippen LogP contribution in [0.3, 0.4) is 0 Å². The molecule has 0 saturated carbocycles. The topological polar surface area (TPSA) is 16.1 Å². The minimum atomic E-state index is 0.432. The molecule has 0 atom stereocenters. The summed E-state index contributed by atoms with van der Waals surface area (Å²) in [6.07, 6.45) is 2.27. The molecule has 0 aromatic carbocycles. The molecule has 0 unspecified atom stereocenters. The second-order valence-electron chi connectivity index (χ2n) is 5.13. The van der Waals surface area contributed by atoms with Crippen LogP contribution in [0.25, 0.3) is 0 Å². The Morgan fingerprint density at radius 3 is 2.28 bits per heavy atom. The lowest BCUT2D eigenvalue weighted by atomic mass is 10.1. The number of pyridine rings is 1. The maximum Gasteiger partial charge on any atom is 0.129 e. The molecule has 0 radical (unpaired) electrons. The summed E-state index contributed by atoms with van der Waals surface area (Å²) in [6, 6.07) is 4.77. The van der Waals surface area contributed by atoms with Crippen molar-refractivity contribution in [2.75, 3.05) is 11.9 Å². The second kappa shape index (κ2) is 6.98. The number of alkyl halides is 1. The van der Waals surface area contributed by atoms with Gasteiger partial charge in [-0.25, -0.2) is 4.98 Å². The van der Waals surface area contributed by atoms with Gasteiger partial charge in [-0.15, -0.1) is 11.6 Å². The molecule has 0 amide bonds. The molecule has 2 nitrogen and oxygen atoms in total. The van der Waals surface area contributed by atoms with Crippen LogP contribution in [0.1, 0.15) is 57.7 Å². The van der Waals surface area contributed by atoms with E-state index in [9.17, 15) is 0 Å². The molecule has 102 valence electrons. The van der Waals surface area contributed by atoms with Gasteiger partial charge in [0.25, 0.3) is 0 Å². The monoisotopic (exact) mass is 268 g/mol. The van der Waals surface area contributed by atoms with Gasteiger partial charge in [0.2, 0.25) is 0 Å². The van der Waals surface area contributed by atoms with Crippen molar-refractivity contribution in [2.45, 2.75) is 58.4 Å². The zero-order chi connectivity index (χ0) is 13.7. The first-order valence-corrected chi connectivity index (χ1v) is 7.36. The third-order valence-corrected chi connectivity index (χ3v) is 3.80. The van der Waals surface area contributed by atoms with Crippen LogP contribution in [0.15, 0.2) is 12.1 Å². The Labute approximate surface area is 116 Å². The van der Waals surface area contributed by atoms with Crippen LogP contribution in [0.2, 0.25) is 0 Å². The Morgan fingerprint density at radius 1 is 1.22 bits per heavy atom. The molecule has 1 aromatic rings. The van der Waals surface area contributed by atoms with Gasteiger partial charge in [0.15, 0.2) is 0 Å². The Balaban J connectivity index is 3.10. The molecule has 0 aliphatic heterocycles. The maximum atomic E-state index is 5.98. The molecule has 18 heavy (non-hydrogen) atoms. The summed E-state index contributed by atoms with van der Waals surface area (Å²) in [5.41, 5.74) is 2.28. The van der Waals surface area contributed by atoms with Crippen LogP contribution in [0.4, 0.5) is 5.82 Å². The lowest BCUT2D eigenvalue weighted by Crippen LogP contribution is -2.31. The van der Waals surface area contributed by atoms with E-state index in [1.165, 1.54) is 0 Å². The largest absolute Gasteiger partial charge is 0.357 e. The average Bonchev–Trinajstić information content (AvgIpc) is 2.39. The highest BCUT2D eigenvalue weighted by Crippen LogP contribution is 2.23. The lowest BCUT2D eigenvalue weighted by Gasteiger charge is -2.28. The predicted molar refractivity (Wildman–Crippen MR) is 80.7 cm³/mol. The normalized spacial score (nSPS) is 11.3. The van der Waals surface area contributed by atoms with Gasteiger partial charge in [-0.2, -0.15) is 0 Å². The highest BCUT2D eigenvalue weighted by Gasteiger charge is 2.14. The Hall–Kier alpha value is -0.760. The summed E-state index contributed by atoms with van der Waals surface area (Å²) in [5, 5.41) is 0. The second-order valence-corrected chi connectivity index (χ2v) is 5.40. The number of anilines is 1. The van der Waals surface area contributed by atoms with E-state index in [0.717, 1.165) is 29.9 Å². The molecule has 0 aliphatic carbocycles. The van der Waals surface area contributed by atoms with Crippen molar-refractivity contribution in [3.8, 4) is 0 Å². The number of hydrogen-bond donors (Lipinski definition) is 0. The number of rotatable bonds is 6. The summed E-state index contributed by atoms with van der Waals surface area (Å²) in [6.45, 7) is 8.78. The molecule has 0 fully saturated rings. The van der Waals surface area contributed by atoms with Crippen LogP contribution in [0.5, 0.6) is 0 Å². The van der Waals surface area contributed by atoms with E-state index in [0.29, 0.717) is 17.8 Å². The van der Waals surface area contributed by atoms with E-state index in [4.69, 9.17) is 16.6 Å². The van der Waals surface area contributed by atoms with E-state index >= 15 is 0 Å².